The Balaban J connectivity index is 1.72. The van der Waals surface area contributed by atoms with E-state index in [1.807, 2.05) is 0 Å². The van der Waals surface area contributed by atoms with Gasteiger partial charge in [0.25, 0.3) is 0 Å². The predicted octanol–water partition coefficient (Wildman–Crippen LogP) is -0.245. The van der Waals surface area contributed by atoms with Crippen LogP contribution < -0.4 is 10.2 Å². The van der Waals surface area contributed by atoms with E-state index >= 15 is 0 Å². The zero-order valence-electron chi connectivity index (χ0n) is 16.3. The third-order valence-electron chi connectivity index (χ3n) is 5.14. The molecule has 0 saturated carbocycles. The Morgan fingerprint density at radius 1 is 0.875 bits per heavy atom. The lowest BCUT2D eigenvalue weighted by molar-refractivity contribution is -0.277. The molecule has 11 nitrogen and oxygen atoms in total. The highest BCUT2D eigenvalue weighted by Gasteiger charge is 2.44. The fraction of sp³-hybridized carbons (Fsp3) is 0.286. The van der Waals surface area contributed by atoms with Gasteiger partial charge in [-0.15, -0.1) is 0 Å². The van der Waals surface area contributed by atoms with Gasteiger partial charge in [-0.1, -0.05) is 0 Å². The van der Waals surface area contributed by atoms with E-state index in [2.05, 4.69) is 0 Å². The highest BCUT2D eigenvalue weighted by molar-refractivity contribution is 5.86. The van der Waals surface area contributed by atoms with Crippen LogP contribution in [0.5, 0.6) is 23.0 Å². The first-order valence-corrected chi connectivity index (χ1v) is 9.50. The number of aromatic hydroxyl groups is 3. The molecular weight excluding hydrogens is 428 g/mol. The van der Waals surface area contributed by atoms with Gasteiger partial charge >= 0.3 is 0 Å². The summed E-state index contributed by atoms with van der Waals surface area (Å²) in [5.41, 5.74) is -0.413. The van der Waals surface area contributed by atoms with Crippen LogP contribution in [0.2, 0.25) is 0 Å². The second-order valence-corrected chi connectivity index (χ2v) is 7.31. The number of phenolic OH excluding ortho intramolecular Hbond substituents is 3. The first kappa shape index (κ1) is 21.9. The van der Waals surface area contributed by atoms with Gasteiger partial charge in [-0.3, -0.25) is 4.79 Å². The fourth-order valence-electron chi connectivity index (χ4n) is 3.43. The molecule has 0 radical (unpaired) electrons. The topological polar surface area (TPSA) is 190 Å². The molecule has 0 spiro atoms. The van der Waals surface area contributed by atoms with Crippen LogP contribution in [0.4, 0.5) is 0 Å². The van der Waals surface area contributed by atoms with Gasteiger partial charge in [0.15, 0.2) is 16.9 Å². The van der Waals surface area contributed by atoms with E-state index in [1.165, 1.54) is 24.3 Å². The lowest BCUT2D eigenvalue weighted by atomic mass is 9.99. The molecule has 7 N–H and O–H groups in total. The summed E-state index contributed by atoms with van der Waals surface area (Å²) in [4.78, 5) is 12.5. The van der Waals surface area contributed by atoms with Crippen LogP contribution >= 0.6 is 0 Å². The first-order valence-electron chi connectivity index (χ1n) is 9.50. The maximum atomic E-state index is 12.5. The molecule has 2 aromatic carbocycles. The van der Waals surface area contributed by atoms with Gasteiger partial charge in [0, 0.05) is 23.8 Å². The Morgan fingerprint density at radius 2 is 1.62 bits per heavy atom. The number of hydrogen-bond acceptors (Lipinski definition) is 11. The summed E-state index contributed by atoms with van der Waals surface area (Å²) >= 11 is 0. The summed E-state index contributed by atoms with van der Waals surface area (Å²) in [6.07, 6.45) is -7.61. The van der Waals surface area contributed by atoms with Crippen LogP contribution in [0, 0.1) is 0 Å². The van der Waals surface area contributed by atoms with Crippen LogP contribution in [0.1, 0.15) is 0 Å². The Hall–Kier alpha value is -3.35. The first-order chi connectivity index (χ1) is 15.2. The number of fused-ring (bicyclic) bond motifs is 1. The van der Waals surface area contributed by atoms with E-state index in [0.717, 1.165) is 12.1 Å². The van der Waals surface area contributed by atoms with Crippen LogP contribution in [-0.4, -0.2) is 73.1 Å². The molecule has 1 saturated heterocycles. The van der Waals surface area contributed by atoms with E-state index in [1.54, 1.807) is 0 Å². The summed E-state index contributed by atoms with van der Waals surface area (Å²) in [7, 11) is 0. The molecule has 32 heavy (non-hydrogen) atoms. The SMILES string of the molecule is O=c1cc(-c2ccc(O)c(O)c2)oc2cc(O[C@H]3O[C@H](CO)[C@@H](O)[C@@H](O)[C@H]3O)cc(O)c12. The van der Waals surface area contributed by atoms with Gasteiger partial charge in [-0.25, -0.2) is 0 Å². The maximum absolute atomic E-state index is 12.5. The summed E-state index contributed by atoms with van der Waals surface area (Å²) in [6.45, 7) is -0.647. The van der Waals surface area contributed by atoms with Gasteiger partial charge in [-0.05, 0) is 18.2 Å². The molecule has 1 aliphatic heterocycles. The molecule has 0 amide bonds. The lowest BCUT2D eigenvalue weighted by Crippen LogP contribution is -2.60. The third kappa shape index (κ3) is 3.83. The Kier molecular flexibility index (Phi) is 5.67. The standard InChI is InChI=1S/C21H20O11/c22-7-16-18(27)19(28)20(29)21(32-16)30-9-4-12(25)17-13(26)6-14(31-15(17)5-9)8-1-2-10(23)11(24)3-8/h1-6,16,18-25,27-29H,7H2/t16-,18-,19-,20-,21+/m1/s1. The minimum absolute atomic E-state index is 0.0298. The average molecular weight is 448 g/mol. The number of aliphatic hydroxyl groups excluding tert-OH is 4. The van der Waals surface area contributed by atoms with Gasteiger partial charge in [0.05, 0.1) is 6.61 Å². The summed E-state index contributed by atoms with van der Waals surface area (Å²) in [5.74, 6) is -1.34. The normalized spacial score (nSPS) is 25.7. The van der Waals surface area contributed by atoms with Crippen molar-refractivity contribution in [2.45, 2.75) is 30.7 Å². The number of aliphatic hydroxyl groups is 4. The largest absolute Gasteiger partial charge is 0.507 e. The minimum atomic E-state index is -1.68. The third-order valence-corrected chi connectivity index (χ3v) is 5.14. The number of benzene rings is 2. The van der Waals surface area contributed by atoms with E-state index < -0.39 is 54.2 Å². The van der Waals surface area contributed by atoms with Gasteiger partial charge < -0.3 is 49.6 Å². The molecule has 170 valence electrons. The number of ether oxygens (including phenoxy) is 2. The van der Waals surface area contributed by atoms with Crippen LogP contribution in [0.3, 0.4) is 0 Å². The lowest BCUT2D eigenvalue weighted by Gasteiger charge is -2.39. The molecule has 1 fully saturated rings. The molecule has 2 heterocycles. The van der Waals surface area contributed by atoms with Crippen LogP contribution in [0.15, 0.2) is 45.6 Å². The fourth-order valence-corrected chi connectivity index (χ4v) is 3.43. The molecule has 5 atom stereocenters. The highest BCUT2D eigenvalue weighted by Crippen LogP contribution is 2.35. The minimum Gasteiger partial charge on any atom is -0.507 e. The monoisotopic (exact) mass is 448 g/mol. The second-order valence-electron chi connectivity index (χ2n) is 7.31. The highest BCUT2D eigenvalue weighted by atomic mass is 16.7. The number of hydrogen-bond donors (Lipinski definition) is 7. The summed E-state index contributed by atoms with van der Waals surface area (Å²) in [5, 5.41) is 68.5. The molecule has 1 aromatic heterocycles. The number of phenols is 3. The van der Waals surface area contributed by atoms with E-state index in [4.69, 9.17) is 13.9 Å². The van der Waals surface area contributed by atoms with Gasteiger partial charge in [0.1, 0.15) is 52.6 Å². The molecule has 0 unspecified atom stereocenters. The van der Waals surface area contributed by atoms with Crippen LogP contribution in [-0.2, 0) is 4.74 Å². The molecule has 0 aliphatic carbocycles. The van der Waals surface area contributed by atoms with Crippen molar-refractivity contribution >= 4 is 11.0 Å². The molecule has 4 rings (SSSR count). The van der Waals surface area contributed by atoms with Crippen molar-refractivity contribution in [3.63, 3.8) is 0 Å². The van der Waals surface area contributed by atoms with Crippen molar-refractivity contribution in [2.24, 2.45) is 0 Å². The van der Waals surface area contributed by atoms with Crippen LogP contribution in [0.25, 0.3) is 22.3 Å². The average Bonchev–Trinajstić information content (AvgIpc) is 2.75. The molecule has 11 heteroatoms. The van der Waals surface area contributed by atoms with Crippen molar-refractivity contribution in [3.05, 3.63) is 46.6 Å². The Bertz CT molecular complexity index is 1200. The zero-order chi connectivity index (χ0) is 23.2. The molecular formula is C21H20O11. The molecule has 1 aliphatic rings. The number of rotatable bonds is 4. The second kappa shape index (κ2) is 8.30. The summed E-state index contributed by atoms with van der Waals surface area (Å²) < 4.78 is 16.4. The quantitative estimate of drug-likeness (QED) is 0.261. The smallest absolute Gasteiger partial charge is 0.229 e. The van der Waals surface area contributed by atoms with E-state index in [9.17, 15) is 40.5 Å². The van der Waals surface area contributed by atoms with E-state index in [0.29, 0.717) is 0 Å². The molecule has 0 bridgehead atoms. The predicted molar refractivity (Wildman–Crippen MR) is 107 cm³/mol. The van der Waals surface area contributed by atoms with Crippen molar-refractivity contribution in [1.29, 1.82) is 0 Å². The summed E-state index contributed by atoms with van der Waals surface area (Å²) in [6, 6.07) is 7.23. The van der Waals surface area contributed by atoms with Crippen molar-refractivity contribution in [3.8, 4) is 34.3 Å². The van der Waals surface area contributed by atoms with Gasteiger partial charge in [-0.2, -0.15) is 0 Å². The molecule has 3 aromatic rings. The van der Waals surface area contributed by atoms with Gasteiger partial charge in [0.2, 0.25) is 6.29 Å². The van der Waals surface area contributed by atoms with Crippen molar-refractivity contribution in [1.82, 2.24) is 0 Å². The van der Waals surface area contributed by atoms with Crippen molar-refractivity contribution in [2.75, 3.05) is 6.61 Å². The van der Waals surface area contributed by atoms with Crippen molar-refractivity contribution < 1.29 is 49.6 Å². The maximum Gasteiger partial charge on any atom is 0.229 e. The Morgan fingerprint density at radius 3 is 2.31 bits per heavy atom. The zero-order valence-corrected chi connectivity index (χ0v) is 16.3. The van der Waals surface area contributed by atoms with E-state index in [-0.39, 0.29) is 33.8 Å². The Labute approximate surface area is 179 Å².